The molecule has 0 unspecified atom stereocenters. The van der Waals surface area contributed by atoms with Crippen molar-refractivity contribution >= 4 is 5.82 Å². The maximum atomic E-state index is 14.3. The number of para-hydroxylation sites is 1. The lowest BCUT2D eigenvalue weighted by atomic mass is 10.1. The van der Waals surface area contributed by atoms with Gasteiger partial charge >= 0.3 is 0 Å². The summed E-state index contributed by atoms with van der Waals surface area (Å²) >= 11 is 0. The van der Waals surface area contributed by atoms with E-state index in [4.69, 9.17) is 15.0 Å². The molecule has 4 aromatic rings. The second-order valence-electron chi connectivity index (χ2n) is 5.96. The smallest absolute Gasteiger partial charge is 0.255 e. The van der Waals surface area contributed by atoms with Crippen LogP contribution in [-0.2, 0) is 6.42 Å². The fourth-order valence-electron chi connectivity index (χ4n) is 2.63. The number of hydrogen-bond acceptors (Lipinski definition) is 6. The highest BCUT2D eigenvalue weighted by molar-refractivity contribution is 5.69. The molecular weight excluding hydrogens is 366 g/mol. The summed E-state index contributed by atoms with van der Waals surface area (Å²) < 4.78 is 38.5. The molecule has 0 bridgehead atoms. The molecule has 2 N–H and O–H groups in total. The van der Waals surface area contributed by atoms with Crippen molar-refractivity contribution in [3.63, 3.8) is 0 Å². The van der Waals surface area contributed by atoms with E-state index in [9.17, 15) is 8.78 Å². The topological polar surface area (TPSA) is 87.1 Å². The molecule has 0 saturated heterocycles. The summed E-state index contributed by atoms with van der Waals surface area (Å²) in [6.07, 6.45) is 3.30. The van der Waals surface area contributed by atoms with Gasteiger partial charge in [-0.2, -0.15) is 0 Å². The number of nitrogen functional groups attached to an aromatic ring is 1. The number of rotatable bonds is 5. The average Bonchev–Trinajstić information content (AvgIpc) is 3.14. The van der Waals surface area contributed by atoms with Crippen LogP contribution in [-0.4, -0.2) is 15.1 Å². The summed E-state index contributed by atoms with van der Waals surface area (Å²) in [7, 11) is 0. The number of aromatic nitrogens is 3. The van der Waals surface area contributed by atoms with Gasteiger partial charge in [0.2, 0.25) is 0 Å². The van der Waals surface area contributed by atoms with Gasteiger partial charge in [-0.25, -0.2) is 18.7 Å². The van der Waals surface area contributed by atoms with Gasteiger partial charge in [0, 0.05) is 24.9 Å². The SMILES string of the molecule is Nc1ncccc1-c1cc(Cc2cnc(Oc3ccccc3F)c(F)c2)no1. The Labute approximate surface area is 158 Å². The van der Waals surface area contributed by atoms with Crippen LogP contribution >= 0.6 is 0 Å². The second kappa shape index (κ2) is 7.43. The van der Waals surface area contributed by atoms with E-state index < -0.39 is 11.6 Å². The van der Waals surface area contributed by atoms with Gasteiger partial charge in [-0.05, 0) is 35.9 Å². The normalized spacial score (nSPS) is 10.8. The van der Waals surface area contributed by atoms with Crippen LogP contribution in [0, 0.1) is 11.6 Å². The maximum absolute atomic E-state index is 14.3. The minimum absolute atomic E-state index is 0.100. The third-order valence-electron chi connectivity index (χ3n) is 3.96. The van der Waals surface area contributed by atoms with Crippen molar-refractivity contribution in [2.24, 2.45) is 0 Å². The lowest BCUT2D eigenvalue weighted by Crippen LogP contribution is -1.97. The summed E-state index contributed by atoms with van der Waals surface area (Å²) in [4.78, 5) is 7.94. The molecule has 0 amide bonds. The third kappa shape index (κ3) is 3.66. The number of hydrogen-bond donors (Lipinski definition) is 1. The van der Waals surface area contributed by atoms with Gasteiger partial charge in [0.05, 0.1) is 11.3 Å². The molecule has 0 aliphatic rings. The number of nitrogens with two attached hydrogens (primary N) is 1. The molecule has 0 radical (unpaired) electrons. The minimum atomic E-state index is -0.707. The van der Waals surface area contributed by atoms with Gasteiger partial charge < -0.3 is 15.0 Å². The second-order valence-corrected chi connectivity index (χ2v) is 5.96. The Balaban J connectivity index is 1.51. The Hall–Kier alpha value is -3.81. The highest BCUT2D eigenvalue weighted by Crippen LogP contribution is 2.27. The Morgan fingerprint density at radius 2 is 1.86 bits per heavy atom. The first-order valence-corrected chi connectivity index (χ1v) is 8.33. The summed E-state index contributed by atoms with van der Waals surface area (Å²) in [6, 6.07) is 12.2. The molecule has 0 spiro atoms. The number of ether oxygens (including phenoxy) is 1. The minimum Gasteiger partial charge on any atom is -0.433 e. The van der Waals surface area contributed by atoms with E-state index in [-0.39, 0.29) is 18.1 Å². The van der Waals surface area contributed by atoms with Crippen molar-refractivity contribution in [1.29, 1.82) is 0 Å². The van der Waals surface area contributed by atoms with Crippen LogP contribution in [0.5, 0.6) is 11.6 Å². The predicted octanol–water partition coefficient (Wildman–Crippen LogP) is 4.38. The van der Waals surface area contributed by atoms with E-state index in [2.05, 4.69) is 15.1 Å². The van der Waals surface area contributed by atoms with Crippen LogP contribution in [0.15, 0.2) is 65.4 Å². The predicted molar refractivity (Wildman–Crippen MR) is 97.6 cm³/mol. The quantitative estimate of drug-likeness (QED) is 0.553. The van der Waals surface area contributed by atoms with Gasteiger partial charge in [-0.1, -0.05) is 17.3 Å². The molecular formula is C20H14F2N4O2. The van der Waals surface area contributed by atoms with Crippen molar-refractivity contribution in [1.82, 2.24) is 15.1 Å². The van der Waals surface area contributed by atoms with E-state index in [1.165, 1.54) is 30.5 Å². The van der Waals surface area contributed by atoms with Crippen molar-refractivity contribution in [2.45, 2.75) is 6.42 Å². The van der Waals surface area contributed by atoms with Crippen molar-refractivity contribution < 1.29 is 18.0 Å². The number of nitrogens with zero attached hydrogens (tertiary/aromatic N) is 3. The van der Waals surface area contributed by atoms with E-state index in [1.807, 2.05) is 0 Å². The van der Waals surface area contributed by atoms with E-state index >= 15 is 0 Å². The lowest BCUT2D eigenvalue weighted by molar-refractivity contribution is 0.397. The molecule has 0 fully saturated rings. The summed E-state index contributed by atoms with van der Waals surface area (Å²) in [5.41, 5.74) is 7.57. The average molecular weight is 380 g/mol. The zero-order valence-corrected chi connectivity index (χ0v) is 14.5. The Morgan fingerprint density at radius 1 is 1.00 bits per heavy atom. The fraction of sp³-hybridized carbons (Fsp3) is 0.0500. The molecule has 28 heavy (non-hydrogen) atoms. The van der Waals surface area contributed by atoms with Crippen LogP contribution in [0.1, 0.15) is 11.3 Å². The van der Waals surface area contributed by atoms with Gasteiger partial charge in [0.25, 0.3) is 5.88 Å². The lowest BCUT2D eigenvalue weighted by Gasteiger charge is -2.07. The number of benzene rings is 1. The monoisotopic (exact) mass is 380 g/mol. The molecule has 3 heterocycles. The van der Waals surface area contributed by atoms with Crippen LogP contribution in [0.25, 0.3) is 11.3 Å². The summed E-state index contributed by atoms with van der Waals surface area (Å²) in [5.74, 6) is -0.922. The molecule has 4 rings (SSSR count). The van der Waals surface area contributed by atoms with Crippen molar-refractivity contribution in [2.75, 3.05) is 5.73 Å². The molecule has 0 aliphatic carbocycles. The zero-order valence-electron chi connectivity index (χ0n) is 14.5. The van der Waals surface area contributed by atoms with Gasteiger partial charge in [0.15, 0.2) is 23.1 Å². The third-order valence-corrected chi connectivity index (χ3v) is 3.96. The van der Waals surface area contributed by atoms with Gasteiger partial charge in [-0.15, -0.1) is 0 Å². The Morgan fingerprint density at radius 3 is 2.64 bits per heavy atom. The molecule has 8 heteroatoms. The largest absolute Gasteiger partial charge is 0.433 e. The number of anilines is 1. The molecule has 6 nitrogen and oxygen atoms in total. The standard InChI is InChI=1S/C20H14F2N4O2/c21-15-5-1-2-6-17(15)27-20-16(22)9-12(11-25-20)8-13-10-18(28-26-13)14-4-3-7-24-19(14)23/h1-7,9-11H,8H2,(H2,23,24). The summed E-state index contributed by atoms with van der Waals surface area (Å²) in [6.45, 7) is 0. The first-order valence-electron chi connectivity index (χ1n) is 8.33. The van der Waals surface area contributed by atoms with Crippen LogP contribution in [0.2, 0.25) is 0 Å². The van der Waals surface area contributed by atoms with Crippen molar-refractivity contribution in [3.8, 4) is 23.0 Å². The van der Waals surface area contributed by atoms with E-state index in [1.54, 1.807) is 30.5 Å². The highest BCUT2D eigenvalue weighted by Gasteiger charge is 2.14. The molecule has 0 saturated carbocycles. The van der Waals surface area contributed by atoms with E-state index in [0.717, 1.165) is 0 Å². The van der Waals surface area contributed by atoms with Crippen molar-refractivity contribution in [3.05, 3.63) is 83.8 Å². The maximum Gasteiger partial charge on any atom is 0.255 e. The van der Waals surface area contributed by atoms with Gasteiger partial charge in [-0.3, -0.25) is 0 Å². The molecule has 0 aliphatic heterocycles. The first kappa shape index (κ1) is 17.6. The fourth-order valence-corrected chi connectivity index (χ4v) is 2.63. The van der Waals surface area contributed by atoms with Crippen LogP contribution in [0.3, 0.4) is 0 Å². The molecule has 1 aromatic carbocycles. The highest BCUT2D eigenvalue weighted by atomic mass is 19.1. The van der Waals surface area contributed by atoms with Crippen LogP contribution < -0.4 is 10.5 Å². The molecule has 0 atom stereocenters. The summed E-state index contributed by atoms with van der Waals surface area (Å²) in [5, 5.41) is 3.97. The molecule has 140 valence electrons. The van der Waals surface area contributed by atoms with E-state index in [0.29, 0.717) is 28.4 Å². The van der Waals surface area contributed by atoms with Crippen LogP contribution in [0.4, 0.5) is 14.6 Å². The van der Waals surface area contributed by atoms with Gasteiger partial charge in [0.1, 0.15) is 5.82 Å². The number of pyridine rings is 2. The molecule has 3 aromatic heterocycles. The Kier molecular flexibility index (Phi) is 4.67. The number of halogens is 2. The zero-order chi connectivity index (χ0) is 19.5. The first-order chi connectivity index (χ1) is 13.6. The Bertz CT molecular complexity index is 1130.